The number of methoxy groups -OCH3 is 1. The van der Waals surface area contributed by atoms with Crippen molar-refractivity contribution in [3.8, 4) is 5.75 Å². The summed E-state index contributed by atoms with van der Waals surface area (Å²) in [5.41, 5.74) is 2.25. The van der Waals surface area contributed by atoms with Gasteiger partial charge in [-0.05, 0) is 43.1 Å². The lowest BCUT2D eigenvalue weighted by molar-refractivity contribution is 0.415. The van der Waals surface area contributed by atoms with Gasteiger partial charge in [0.05, 0.1) is 18.1 Å². The molecule has 1 heterocycles. The largest absolute Gasteiger partial charge is 0.497 e. The fourth-order valence-electron chi connectivity index (χ4n) is 3.33. The highest BCUT2D eigenvalue weighted by Crippen LogP contribution is 2.29. The van der Waals surface area contributed by atoms with Crippen LogP contribution in [0.3, 0.4) is 0 Å². The molecule has 3 nitrogen and oxygen atoms in total. The zero-order valence-corrected chi connectivity index (χ0v) is 12.8. The van der Waals surface area contributed by atoms with E-state index in [1.807, 2.05) is 12.1 Å². The highest BCUT2D eigenvalue weighted by molar-refractivity contribution is 7.71. The Morgan fingerprint density at radius 1 is 1.35 bits per heavy atom. The molecule has 1 aliphatic carbocycles. The van der Waals surface area contributed by atoms with Crippen molar-refractivity contribution in [3.05, 3.63) is 23.0 Å². The zero-order valence-electron chi connectivity index (χ0n) is 12.0. The van der Waals surface area contributed by atoms with Gasteiger partial charge in [0.25, 0.3) is 0 Å². The van der Waals surface area contributed by atoms with Crippen LogP contribution in [0.15, 0.2) is 18.2 Å². The van der Waals surface area contributed by atoms with E-state index >= 15 is 0 Å². The summed E-state index contributed by atoms with van der Waals surface area (Å²) in [5, 5.41) is 0. The Morgan fingerprint density at radius 2 is 2.15 bits per heavy atom. The van der Waals surface area contributed by atoms with Crippen LogP contribution in [0.5, 0.6) is 5.75 Å². The number of fused-ring (bicyclic) bond motifs is 1. The van der Waals surface area contributed by atoms with Gasteiger partial charge >= 0.3 is 0 Å². The van der Waals surface area contributed by atoms with Gasteiger partial charge < -0.3 is 14.3 Å². The summed E-state index contributed by atoms with van der Waals surface area (Å²) in [6.07, 6.45) is 8.27. The monoisotopic (exact) mass is 290 g/mol. The highest BCUT2D eigenvalue weighted by atomic mass is 32.1. The van der Waals surface area contributed by atoms with E-state index in [2.05, 4.69) is 15.6 Å². The first-order valence-corrected chi connectivity index (χ1v) is 7.95. The summed E-state index contributed by atoms with van der Waals surface area (Å²) in [5.74, 6) is 1.82. The third-order valence-corrected chi connectivity index (χ3v) is 4.77. The van der Waals surface area contributed by atoms with Gasteiger partial charge in [0, 0.05) is 12.6 Å². The molecule has 20 heavy (non-hydrogen) atoms. The molecular weight excluding hydrogens is 268 g/mol. The van der Waals surface area contributed by atoms with Crippen molar-refractivity contribution >= 4 is 23.3 Å². The van der Waals surface area contributed by atoms with Crippen molar-refractivity contribution in [2.45, 2.75) is 45.1 Å². The van der Waals surface area contributed by atoms with Gasteiger partial charge in [-0.1, -0.05) is 25.7 Å². The van der Waals surface area contributed by atoms with Crippen molar-refractivity contribution in [1.82, 2.24) is 9.55 Å². The Balaban J connectivity index is 1.73. The molecule has 2 aromatic rings. The molecule has 0 bridgehead atoms. The molecule has 0 atom stereocenters. The molecule has 0 aliphatic heterocycles. The number of aromatic nitrogens is 2. The summed E-state index contributed by atoms with van der Waals surface area (Å²) in [7, 11) is 1.69. The Bertz CT molecular complexity index is 637. The van der Waals surface area contributed by atoms with Crippen molar-refractivity contribution in [2.75, 3.05) is 7.11 Å². The molecule has 1 aromatic carbocycles. The number of ether oxygens (including phenoxy) is 1. The van der Waals surface area contributed by atoms with E-state index in [0.29, 0.717) is 0 Å². The average Bonchev–Trinajstić information content (AvgIpc) is 3.06. The first-order valence-electron chi connectivity index (χ1n) is 7.54. The van der Waals surface area contributed by atoms with E-state index in [0.717, 1.165) is 28.5 Å². The van der Waals surface area contributed by atoms with Gasteiger partial charge in [0.2, 0.25) is 0 Å². The first kappa shape index (κ1) is 13.7. The molecule has 0 unspecified atom stereocenters. The molecule has 0 amide bonds. The van der Waals surface area contributed by atoms with Crippen LogP contribution in [-0.2, 0) is 6.54 Å². The maximum atomic E-state index is 5.45. The smallest absolute Gasteiger partial charge is 0.178 e. The average molecular weight is 290 g/mol. The number of H-pyrrole nitrogens is 1. The van der Waals surface area contributed by atoms with Crippen LogP contribution in [0.1, 0.15) is 38.5 Å². The molecule has 0 saturated heterocycles. The molecular formula is C16H22N2OS. The van der Waals surface area contributed by atoms with Crippen molar-refractivity contribution < 1.29 is 4.74 Å². The second-order valence-electron chi connectivity index (χ2n) is 5.76. The molecule has 1 N–H and O–H groups in total. The normalized spacial score (nSPS) is 16.1. The van der Waals surface area contributed by atoms with Crippen LogP contribution in [-0.4, -0.2) is 16.7 Å². The lowest BCUT2D eigenvalue weighted by Crippen LogP contribution is -2.01. The number of nitrogens with one attached hydrogen (secondary N) is 1. The van der Waals surface area contributed by atoms with Crippen molar-refractivity contribution in [2.24, 2.45) is 5.92 Å². The predicted molar refractivity (Wildman–Crippen MR) is 84.9 cm³/mol. The molecule has 1 aliphatic rings. The van der Waals surface area contributed by atoms with Crippen molar-refractivity contribution in [3.63, 3.8) is 0 Å². The van der Waals surface area contributed by atoms with E-state index in [9.17, 15) is 0 Å². The standard InChI is InChI=1S/C16H22N2OS/c1-19-13-8-9-15-14(11-13)17-16(20)18(15)10-4-7-12-5-2-3-6-12/h8-9,11-12H,2-7,10H2,1H3,(H,17,20). The fraction of sp³-hybridized carbons (Fsp3) is 0.562. The lowest BCUT2D eigenvalue weighted by Gasteiger charge is -2.09. The van der Waals surface area contributed by atoms with Gasteiger partial charge in [-0.25, -0.2) is 0 Å². The van der Waals surface area contributed by atoms with Gasteiger partial charge in [0.15, 0.2) is 4.77 Å². The predicted octanol–water partition coefficient (Wildman–Crippen LogP) is 4.68. The molecule has 1 fully saturated rings. The first-order chi connectivity index (χ1) is 9.78. The maximum Gasteiger partial charge on any atom is 0.178 e. The molecule has 108 valence electrons. The van der Waals surface area contributed by atoms with Gasteiger partial charge in [0.1, 0.15) is 5.75 Å². The fourth-order valence-corrected chi connectivity index (χ4v) is 3.63. The molecule has 0 spiro atoms. The zero-order chi connectivity index (χ0) is 13.9. The lowest BCUT2D eigenvalue weighted by atomic mass is 10.0. The minimum atomic E-state index is 0.819. The second-order valence-corrected chi connectivity index (χ2v) is 6.14. The SMILES string of the molecule is COc1ccc2c(c1)[nH]c(=S)n2CCCC1CCCC1. The summed E-state index contributed by atoms with van der Waals surface area (Å²) < 4.78 is 8.30. The van der Waals surface area contributed by atoms with E-state index in [1.165, 1.54) is 44.0 Å². The molecule has 4 heteroatoms. The Labute approximate surface area is 125 Å². The Morgan fingerprint density at radius 3 is 2.90 bits per heavy atom. The summed E-state index contributed by atoms with van der Waals surface area (Å²) >= 11 is 5.45. The van der Waals surface area contributed by atoms with Crippen LogP contribution >= 0.6 is 12.2 Å². The number of rotatable bonds is 5. The van der Waals surface area contributed by atoms with Crippen LogP contribution < -0.4 is 4.74 Å². The topological polar surface area (TPSA) is 29.9 Å². The van der Waals surface area contributed by atoms with E-state index in [4.69, 9.17) is 17.0 Å². The van der Waals surface area contributed by atoms with Gasteiger partial charge in [-0.2, -0.15) is 0 Å². The third kappa shape index (κ3) is 2.75. The highest BCUT2D eigenvalue weighted by Gasteiger charge is 2.14. The summed E-state index contributed by atoms with van der Waals surface area (Å²) in [6, 6.07) is 6.10. The number of aromatic amines is 1. The molecule has 1 saturated carbocycles. The van der Waals surface area contributed by atoms with Gasteiger partial charge in [-0.3, -0.25) is 0 Å². The van der Waals surface area contributed by atoms with Crippen LogP contribution in [0, 0.1) is 10.7 Å². The van der Waals surface area contributed by atoms with E-state index in [1.54, 1.807) is 7.11 Å². The number of hydrogen-bond donors (Lipinski definition) is 1. The molecule has 0 radical (unpaired) electrons. The Kier molecular flexibility index (Phi) is 4.10. The summed E-state index contributed by atoms with van der Waals surface area (Å²) in [4.78, 5) is 3.28. The van der Waals surface area contributed by atoms with Crippen LogP contribution in [0.25, 0.3) is 11.0 Å². The van der Waals surface area contributed by atoms with Crippen LogP contribution in [0.4, 0.5) is 0 Å². The summed E-state index contributed by atoms with van der Waals surface area (Å²) in [6.45, 7) is 1.02. The quantitative estimate of drug-likeness (QED) is 0.810. The number of aryl methyl sites for hydroxylation is 1. The van der Waals surface area contributed by atoms with E-state index < -0.39 is 0 Å². The third-order valence-electron chi connectivity index (χ3n) is 4.45. The number of benzene rings is 1. The number of nitrogens with zero attached hydrogens (tertiary/aromatic N) is 1. The minimum Gasteiger partial charge on any atom is -0.497 e. The molecule has 1 aromatic heterocycles. The number of imidazole rings is 1. The maximum absolute atomic E-state index is 5.45. The minimum absolute atomic E-state index is 0.819. The Hall–Kier alpha value is -1.29. The number of hydrogen-bond acceptors (Lipinski definition) is 2. The van der Waals surface area contributed by atoms with Gasteiger partial charge in [-0.15, -0.1) is 0 Å². The van der Waals surface area contributed by atoms with Crippen LogP contribution in [0.2, 0.25) is 0 Å². The molecule has 3 rings (SSSR count). The second kappa shape index (κ2) is 6.00. The van der Waals surface area contributed by atoms with E-state index in [-0.39, 0.29) is 0 Å². The van der Waals surface area contributed by atoms with Crippen molar-refractivity contribution in [1.29, 1.82) is 0 Å².